The van der Waals surface area contributed by atoms with E-state index in [0.29, 0.717) is 0 Å². The smallest absolute Gasteiger partial charge is 0.00811 e. The van der Waals surface area contributed by atoms with Crippen LogP contribution in [-0.4, -0.2) is 11.0 Å². The van der Waals surface area contributed by atoms with Crippen LogP contribution in [0.3, 0.4) is 0 Å². The molecule has 0 aliphatic heterocycles. The predicted molar refractivity (Wildman–Crippen MR) is 91.3 cm³/mol. The molecule has 0 aromatic heterocycles. The monoisotopic (exact) mass is 304 g/mol. The van der Waals surface area contributed by atoms with Crippen molar-refractivity contribution in [1.82, 2.24) is 0 Å². The number of hydrogen-bond acceptors (Lipinski definition) is 1. The molecule has 0 aromatic rings. The van der Waals surface area contributed by atoms with Crippen LogP contribution in [0.15, 0.2) is 0 Å². The van der Waals surface area contributed by atoms with Crippen molar-refractivity contribution in [3.05, 3.63) is 0 Å². The summed E-state index contributed by atoms with van der Waals surface area (Å²) < 4.78 is 0. The molecule has 0 heterocycles. The molecular formula is C20H32S. The van der Waals surface area contributed by atoms with E-state index in [2.05, 4.69) is 25.6 Å². The van der Waals surface area contributed by atoms with Crippen molar-refractivity contribution in [3.8, 4) is 0 Å². The molecule has 5 aliphatic carbocycles. The first-order chi connectivity index (χ1) is 10.3. The second-order valence-corrected chi connectivity index (χ2v) is 10.5. The van der Waals surface area contributed by atoms with Gasteiger partial charge in [-0.25, -0.2) is 0 Å². The lowest BCUT2D eigenvalue weighted by atomic mass is 9.64. The molecule has 0 aromatic carbocycles. The number of fused-ring (bicyclic) bond motifs is 12. The van der Waals surface area contributed by atoms with E-state index >= 15 is 0 Å². The van der Waals surface area contributed by atoms with Gasteiger partial charge in [0, 0.05) is 5.25 Å². The third-order valence-electron chi connectivity index (χ3n) is 8.62. The highest BCUT2D eigenvalue weighted by atomic mass is 32.2. The molecule has 5 aliphatic rings. The molecule has 10 unspecified atom stereocenters. The van der Waals surface area contributed by atoms with Crippen molar-refractivity contribution in [3.63, 3.8) is 0 Å². The van der Waals surface area contributed by atoms with E-state index < -0.39 is 0 Å². The Bertz CT molecular complexity index is 418. The van der Waals surface area contributed by atoms with Crippen LogP contribution in [0.2, 0.25) is 0 Å². The van der Waals surface area contributed by atoms with Crippen LogP contribution in [0.4, 0.5) is 0 Å². The van der Waals surface area contributed by atoms with Gasteiger partial charge in [-0.2, -0.15) is 11.8 Å². The Kier molecular flexibility index (Phi) is 3.22. The van der Waals surface area contributed by atoms with Gasteiger partial charge in [0.05, 0.1) is 0 Å². The number of thioether (sulfide) groups is 1. The van der Waals surface area contributed by atoms with Gasteiger partial charge in [-0.3, -0.25) is 0 Å². The van der Waals surface area contributed by atoms with Crippen LogP contribution in [0.25, 0.3) is 0 Å². The highest BCUT2D eigenvalue weighted by Gasteiger charge is 2.67. The summed E-state index contributed by atoms with van der Waals surface area (Å²) in [6.07, 6.45) is 11.1. The van der Waals surface area contributed by atoms with Crippen LogP contribution in [0.1, 0.15) is 58.8 Å². The lowest BCUT2D eigenvalue weighted by Gasteiger charge is -2.43. The quantitative estimate of drug-likeness (QED) is 0.620. The summed E-state index contributed by atoms with van der Waals surface area (Å²) in [5.41, 5.74) is 0. The van der Waals surface area contributed by atoms with Gasteiger partial charge >= 0.3 is 0 Å². The van der Waals surface area contributed by atoms with Crippen LogP contribution >= 0.6 is 11.8 Å². The molecule has 21 heavy (non-hydrogen) atoms. The fourth-order valence-corrected chi connectivity index (χ4v) is 9.59. The van der Waals surface area contributed by atoms with Gasteiger partial charge in [-0.05, 0) is 91.1 Å². The molecule has 0 saturated heterocycles. The van der Waals surface area contributed by atoms with E-state index in [1.165, 1.54) is 47.7 Å². The van der Waals surface area contributed by atoms with E-state index in [0.717, 1.165) is 23.0 Å². The molecule has 0 N–H and O–H groups in total. The van der Waals surface area contributed by atoms with Crippen molar-refractivity contribution >= 4 is 11.8 Å². The zero-order valence-electron chi connectivity index (χ0n) is 13.8. The summed E-state index contributed by atoms with van der Waals surface area (Å²) in [6.45, 7) is 4.81. The molecule has 5 saturated carbocycles. The van der Waals surface area contributed by atoms with E-state index in [-0.39, 0.29) is 0 Å². The van der Waals surface area contributed by atoms with Gasteiger partial charge in [0.2, 0.25) is 0 Å². The molecule has 5 rings (SSSR count). The third kappa shape index (κ3) is 1.82. The maximum absolute atomic E-state index is 2.45. The van der Waals surface area contributed by atoms with E-state index in [9.17, 15) is 0 Å². The average Bonchev–Trinajstić information content (AvgIpc) is 3.25. The molecule has 0 nitrogen and oxygen atoms in total. The van der Waals surface area contributed by atoms with Crippen LogP contribution in [0, 0.1) is 53.3 Å². The Balaban J connectivity index is 1.32. The van der Waals surface area contributed by atoms with Crippen LogP contribution in [-0.2, 0) is 0 Å². The normalized spacial score (nSPS) is 57.7. The zero-order valence-corrected chi connectivity index (χ0v) is 14.7. The van der Waals surface area contributed by atoms with E-state index in [1.54, 1.807) is 38.5 Å². The molecule has 0 spiro atoms. The molecule has 0 radical (unpaired) electrons. The SMILES string of the molecule is CCC(C)CSC1CC2CC1C1C3CC(C4CCCC43)C21. The molecule has 0 amide bonds. The first kappa shape index (κ1) is 13.8. The lowest BCUT2D eigenvalue weighted by Crippen LogP contribution is -2.39. The summed E-state index contributed by atoms with van der Waals surface area (Å²) in [5, 5.41) is 1.06. The third-order valence-corrected chi connectivity index (χ3v) is 10.4. The van der Waals surface area contributed by atoms with Gasteiger partial charge < -0.3 is 0 Å². The van der Waals surface area contributed by atoms with Crippen LogP contribution in [0.5, 0.6) is 0 Å². The van der Waals surface area contributed by atoms with Gasteiger partial charge in [-0.1, -0.05) is 26.7 Å². The van der Waals surface area contributed by atoms with Crippen molar-refractivity contribution in [2.24, 2.45) is 53.3 Å². The van der Waals surface area contributed by atoms with Gasteiger partial charge in [-0.15, -0.1) is 0 Å². The van der Waals surface area contributed by atoms with Gasteiger partial charge in [0.25, 0.3) is 0 Å². The Hall–Kier alpha value is 0.350. The summed E-state index contributed by atoms with van der Waals surface area (Å²) >= 11 is 2.38. The Labute approximate surface area is 135 Å². The molecule has 10 atom stereocenters. The molecular weight excluding hydrogens is 272 g/mol. The van der Waals surface area contributed by atoms with Gasteiger partial charge in [0.1, 0.15) is 0 Å². The van der Waals surface area contributed by atoms with E-state index in [1.807, 2.05) is 0 Å². The predicted octanol–water partition coefficient (Wildman–Crippen LogP) is 5.47. The summed E-state index contributed by atoms with van der Waals surface area (Å²) in [5.74, 6) is 11.8. The molecule has 118 valence electrons. The van der Waals surface area contributed by atoms with Crippen molar-refractivity contribution < 1.29 is 0 Å². The first-order valence-corrected chi connectivity index (χ1v) is 10.9. The minimum atomic E-state index is 0.934. The lowest BCUT2D eigenvalue weighted by molar-refractivity contribution is 0.0741. The fraction of sp³-hybridized carbons (Fsp3) is 1.00. The summed E-state index contributed by atoms with van der Waals surface area (Å²) in [7, 11) is 0. The Morgan fingerprint density at radius 1 is 0.905 bits per heavy atom. The maximum Gasteiger partial charge on any atom is 0.00811 e. The van der Waals surface area contributed by atoms with E-state index in [4.69, 9.17) is 0 Å². The zero-order chi connectivity index (χ0) is 14.1. The highest BCUT2D eigenvalue weighted by molar-refractivity contribution is 7.99. The first-order valence-electron chi connectivity index (χ1n) is 9.89. The maximum atomic E-state index is 2.45. The Morgan fingerprint density at radius 3 is 2.43 bits per heavy atom. The van der Waals surface area contributed by atoms with Gasteiger partial charge in [0.15, 0.2) is 0 Å². The standard InChI is InChI=1S/C20H32S/c1-3-11(2)10-21-18-8-12-7-17(18)20-16-9-15(19(12)20)13-5-4-6-14(13)16/h11-20H,3-10H2,1-2H3. The Morgan fingerprint density at radius 2 is 1.67 bits per heavy atom. The molecule has 1 heteroatoms. The summed E-state index contributed by atoms with van der Waals surface area (Å²) in [4.78, 5) is 0. The number of rotatable bonds is 4. The van der Waals surface area contributed by atoms with Crippen molar-refractivity contribution in [2.45, 2.75) is 64.0 Å². The highest BCUT2D eigenvalue weighted by Crippen LogP contribution is 2.73. The molecule has 5 fully saturated rings. The minimum Gasteiger partial charge on any atom is -0.158 e. The minimum absolute atomic E-state index is 0.934. The van der Waals surface area contributed by atoms with Crippen molar-refractivity contribution in [2.75, 3.05) is 5.75 Å². The summed E-state index contributed by atoms with van der Waals surface area (Å²) in [6, 6.07) is 0. The van der Waals surface area contributed by atoms with Crippen molar-refractivity contribution in [1.29, 1.82) is 0 Å². The van der Waals surface area contributed by atoms with Crippen LogP contribution < -0.4 is 0 Å². The molecule has 4 bridgehead atoms. The average molecular weight is 305 g/mol. The number of hydrogen-bond donors (Lipinski definition) is 0. The second-order valence-electron chi connectivity index (χ2n) is 9.26. The fourth-order valence-electron chi connectivity index (χ4n) is 7.85. The second kappa shape index (κ2) is 4.92. The topological polar surface area (TPSA) is 0 Å². The largest absolute Gasteiger partial charge is 0.158 e.